The van der Waals surface area contributed by atoms with E-state index < -0.39 is 0 Å². The highest BCUT2D eigenvalue weighted by Gasteiger charge is 2.23. The van der Waals surface area contributed by atoms with Gasteiger partial charge in [-0.15, -0.1) is 0 Å². The minimum Gasteiger partial charge on any atom is -0.493 e. The van der Waals surface area contributed by atoms with E-state index in [0.717, 1.165) is 23.3 Å². The van der Waals surface area contributed by atoms with Gasteiger partial charge in [0.1, 0.15) is 17.6 Å². The maximum absolute atomic E-state index is 13.0. The van der Waals surface area contributed by atoms with Crippen LogP contribution in [0.2, 0.25) is 0 Å². The van der Waals surface area contributed by atoms with Crippen LogP contribution in [0.15, 0.2) is 30.3 Å². The van der Waals surface area contributed by atoms with Gasteiger partial charge in [0.05, 0.1) is 26.5 Å². The second-order valence-corrected chi connectivity index (χ2v) is 6.78. The van der Waals surface area contributed by atoms with E-state index in [2.05, 4.69) is 5.32 Å². The van der Waals surface area contributed by atoms with Crippen molar-refractivity contribution in [2.45, 2.75) is 33.3 Å². The van der Waals surface area contributed by atoms with E-state index in [4.69, 9.17) is 18.9 Å². The summed E-state index contributed by atoms with van der Waals surface area (Å²) in [5.74, 6) is 2.20. The van der Waals surface area contributed by atoms with Crippen LogP contribution in [-0.4, -0.2) is 32.8 Å². The van der Waals surface area contributed by atoms with Gasteiger partial charge in [0, 0.05) is 29.2 Å². The number of rotatable bonds is 7. The first-order valence-corrected chi connectivity index (χ1v) is 9.67. The molecule has 2 aromatic rings. The summed E-state index contributed by atoms with van der Waals surface area (Å²) in [6.07, 6.45) is 4.69. The molecular weight excluding hydrogens is 370 g/mol. The molecule has 0 aliphatic carbocycles. The Bertz CT molecular complexity index is 935. The van der Waals surface area contributed by atoms with E-state index in [0.29, 0.717) is 35.1 Å². The number of amides is 1. The van der Waals surface area contributed by atoms with Crippen LogP contribution >= 0.6 is 0 Å². The molecule has 1 amide bonds. The van der Waals surface area contributed by atoms with Crippen LogP contribution in [0.5, 0.6) is 23.0 Å². The van der Waals surface area contributed by atoms with Crippen molar-refractivity contribution in [3.8, 4) is 23.0 Å². The van der Waals surface area contributed by atoms with Crippen LogP contribution in [0.4, 0.5) is 5.69 Å². The largest absolute Gasteiger partial charge is 0.493 e. The van der Waals surface area contributed by atoms with Crippen molar-refractivity contribution in [1.82, 2.24) is 0 Å². The first-order chi connectivity index (χ1) is 14.0. The number of hydrogen-bond acceptors (Lipinski definition) is 5. The molecule has 0 aromatic heterocycles. The fraction of sp³-hybridized carbons (Fsp3) is 0.348. The zero-order chi connectivity index (χ0) is 21.0. The molecule has 0 spiro atoms. The van der Waals surface area contributed by atoms with Crippen molar-refractivity contribution in [3.63, 3.8) is 0 Å². The fourth-order valence-corrected chi connectivity index (χ4v) is 3.43. The van der Waals surface area contributed by atoms with Crippen molar-refractivity contribution in [3.05, 3.63) is 47.0 Å². The van der Waals surface area contributed by atoms with E-state index in [-0.39, 0.29) is 12.0 Å². The Morgan fingerprint density at radius 1 is 1.21 bits per heavy atom. The normalized spacial score (nSPS) is 15.0. The first-order valence-electron chi connectivity index (χ1n) is 9.67. The third kappa shape index (κ3) is 4.31. The van der Waals surface area contributed by atoms with E-state index in [1.54, 1.807) is 26.4 Å². The van der Waals surface area contributed by atoms with E-state index in [9.17, 15) is 4.79 Å². The molecule has 0 radical (unpaired) electrons. The third-order valence-corrected chi connectivity index (χ3v) is 4.66. The van der Waals surface area contributed by atoms with Crippen molar-refractivity contribution in [2.75, 3.05) is 26.1 Å². The summed E-state index contributed by atoms with van der Waals surface area (Å²) in [6.45, 7) is 6.33. The third-order valence-electron chi connectivity index (χ3n) is 4.66. The minimum atomic E-state index is -0.274. The number of anilines is 1. The highest BCUT2D eigenvalue weighted by molar-refractivity contribution is 6.06. The van der Waals surface area contributed by atoms with Crippen LogP contribution < -0.4 is 24.3 Å². The van der Waals surface area contributed by atoms with Gasteiger partial charge in [-0.05, 0) is 39.0 Å². The van der Waals surface area contributed by atoms with Gasteiger partial charge in [0.25, 0.3) is 5.91 Å². The zero-order valence-electron chi connectivity index (χ0n) is 17.5. The number of fused-ring (bicyclic) bond motifs is 1. The number of benzene rings is 2. The summed E-state index contributed by atoms with van der Waals surface area (Å²) in [4.78, 5) is 13.0. The molecule has 0 saturated carbocycles. The Labute approximate surface area is 171 Å². The van der Waals surface area contributed by atoms with Crippen molar-refractivity contribution in [2.24, 2.45) is 0 Å². The van der Waals surface area contributed by atoms with Gasteiger partial charge >= 0.3 is 0 Å². The van der Waals surface area contributed by atoms with E-state index in [1.807, 2.05) is 45.1 Å². The molecule has 1 atom stereocenters. The van der Waals surface area contributed by atoms with Crippen LogP contribution in [0.25, 0.3) is 6.08 Å². The van der Waals surface area contributed by atoms with Crippen molar-refractivity contribution >= 4 is 17.7 Å². The number of carbonyl (C=O) groups excluding carboxylic acids is 1. The zero-order valence-corrected chi connectivity index (χ0v) is 17.5. The molecule has 1 heterocycles. The topological polar surface area (TPSA) is 66.0 Å². The summed E-state index contributed by atoms with van der Waals surface area (Å²) in [5, 5.41) is 2.95. The molecule has 6 heteroatoms. The van der Waals surface area contributed by atoms with Crippen LogP contribution in [0.3, 0.4) is 0 Å². The maximum Gasteiger partial charge on any atom is 0.255 e. The molecule has 2 aromatic carbocycles. The molecule has 0 fully saturated rings. The van der Waals surface area contributed by atoms with Crippen LogP contribution in [0, 0.1) is 0 Å². The molecule has 6 nitrogen and oxygen atoms in total. The van der Waals surface area contributed by atoms with E-state index in [1.165, 1.54) is 0 Å². The molecule has 1 N–H and O–H groups in total. The number of allylic oxidation sites excluding steroid dienone is 1. The molecule has 0 saturated heterocycles. The summed E-state index contributed by atoms with van der Waals surface area (Å²) in [7, 11) is 3.12. The molecule has 29 heavy (non-hydrogen) atoms. The molecule has 154 valence electrons. The van der Waals surface area contributed by atoms with Crippen molar-refractivity contribution in [1.29, 1.82) is 0 Å². The Morgan fingerprint density at radius 3 is 2.66 bits per heavy atom. The van der Waals surface area contributed by atoms with Gasteiger partial charge in [0.15, 0.2) is 11.5 Å². The van der Waals surface area contributed by atoms with Gasteiger partial charge in [-0.3, -0.25) is 4.79 Å². The number of nitrogens with one attached hydrogen (secondary N) is 1. The highest BCUT2D eigenvalue weighted by atomic mass is 16.5. The average Bonchev–Trinajstić information content (AvgIpc) is 3.06. The highest BCUT2D eigenvalue weighted by Crippen LogP contribution is 2.39. The first kappa shape index (κ1) is 20.6. The number of hydrogen-bond donors (Lipinski definition) is 1. The summed E-state index contributed by atoms with van der Waals surface area (Å²) in [5.41, 5.74) is 2.87. The number of methoxy groups -OCH3 is 2. The predicted octanol–water partition coefficient (Wildman–Crippen LogP) is 4.71. The van der Waals surface area contributed by atoms with Crippen LogP contribution in [0.1, 0.15) is 42.3 Å². The second kappa shape index (κ2) is 8.90. The van der Waals surface area contributed by atoms with Crippen molar-refractivity contribution < 1.29 is 23.7 Å². The number of carbonyl (C=O) groups is 1. The SMILES string of the molecule is CC=Cc1cc(C(=O)Nc2cc3c(cc2OCC)CC(C)O3)cc(OC)c1OC. The lowest BCUT2D eigenvalue weighted by Crippen LogP contribution is -2.14. The second-order valence-electron chi connectivity index (χ2n) is 6.78. The molecule has 3 rings (SSSR count). The lowest BCUT2D eigenvalue weighted by atomic mass is 10.1. The molecular formula is C23H27NO5. The Kier molecular flexibility index (Phi) is 6.32. The summed E-state index contributed by atoms with van der Waals surface area (Å²) in [6, 6.07) is 7.20. The molecule has 0 bridgehead atoms. The average molecular weight is 397 g/mol. The lowest BCUT2D eigenvalue weighted by molar-refractivity contribution is 0.102. The number of ether oxygens (including phenoxy) is 4. The van der Waals surface area contributed by atoms with E-state index >= 15 is 0 Å². The Morgan fingerprint density at radius 2 is 2.00 bits per heavy atom. The van der Waals surface area contributed by atoms with Gasteiger partial charge in [-0.2, -0.15) is 0 Å². The molecule has 1 aliphatic rings. The minimum absolute atomic E-state index is 0.111. The predicted molar refractivity (Wildman–Crippen MR) is 114 cm³/mol. The van der Waals surface area contributed by atoms with Gasteiger partial charge < -0.3 is 24.3 Å². The molecule has 1 unspecified atom stereocenters. The Balaban J connectivity index is 1.96. The molecule has 1 aliphatic heterocycles. The van der Waals surface area contributed by atoms with Gasteiger partial charge in [-0.1, -0.05) is 12.2 Å². The summed E-state index contributed by atoms with van der Waals surface area (Å²) >= 11 is 0. The quantitative estimate of drug-likeness (QED) is 0.733. The van der Waals surface area contributed by atoms with Gasteiger partial charge in [-0.25, -0.2) is 0 Å². The van der Waals surface area contributed by atoms with Crippen LogP contribution in [-0.2, 0) is 6.42 Å². The smallest absolute Gasteiger partial charge is 0.255 e. The Hall–Kier alpha value is -3.15. The monoisotopic (exact) mass is 397 g/mol. The summed E-state index contributed by atoms with van der Waals surface area (Å²) < 4.78 is 22.4. The van der Waals surface area contributed by atoms with Gasteiger partial charge in [0.2, 0.25) is 0 Å². The lowest BCUT2D eigenvalue weighted by Gasteiger charge is -2.15. The fourth-order valence-electron chi connectivity index (χ4n) is 3.43. The standard InChI is InChI=1S/C23H27NO5/c1-6-8-15-10-17(12-21(26-4)22(15)27-5)23(25)24-18-13-19-16(9-14(3)29-19)11-20(18)28-7-2/h6,8,10-14H,7,9H2,1-5H3,(H,24,25). The maximum atomic E-state index is 13.0.